The van der Waals surface area contributed by atoms with Crippen LogP contribution in [0.25, 0.3) is 5.52 Å². The molecule has 2 heterocycles. The van der Waals surface area contributed by atoms with E-state index in [1.165, 1.54) is 0 Å². The van der Waals surface area contributed by atoms with Crippen molar-refractivity contribution in [2.24, 2.45) is 0 Å². The molecule has 0 unspecified atom stereocenters. The summed E-state index contributed by atoms with van der Waals surface area (Å²) in [6.07, 6.45) is 9.47. The summed E-state index contributed by atoms with van der Waals surface area (Å²) in [6, 6.07) is 0.141. The number of fused-ring (bicyclic) bond motifs is 1. The molecule has 2 N–H and O–H groups in total. The van der Waals surface area contributed by atoms with Gasteiger partial charge in [-0.05, 0) is 25.7 Å². The molecule has 100 valence electrons. The average molecular weight is 260 g/mol. The maximum absolute atomic E-state index is 12.2. The molecule has 0 spiro atoms. The van der Waals surface area contributed by atoms with Crippen LogP contribution in [0.15, 0.2) is 24.8 Å². The van der Waals surface area contributed by atoms with E-state index >= 15 is 0 Å². The van der Waals surface area contributed by atoms with Crippen LogP contribution in [-0.4, -0.2) is 37.8 Å². The van der Waals surface area contributed by atoms with Crippen LogP contribution in [0, 0.1) is 0 Å². The molecule has 19 heavy (non-hydrogen) atoms. The molecule has 1 amide bonds. The SMILES string of the molecule is O=C(NC1CCC(O)CC1)c1cnn2ccncc12. The minimum absolute atomic E-state index is 0.121. The van der Waals surface area contributed by atoms with E-state index in [2.05, 4.69) is 15.4 Å². The lowest BCUT2D eigenvalue weighted by molar-refractivity contribution is 0.0869. The lowest BCUT2D eigenvalue weighted by atomic mass is 9.93. The first-order chi connectivity index (χ1) is 9.24. The number of nitrogens with zero attached hydrogens (tertiary/aromatic N) is 3. The molecule has 6 nitrogen and oxygen atoms in total. The Balaban J connectivity index is 1.73. The molecule has 1 saturated carbocycles. The summed E-state index contributed by atoms with van der Waals surface area (Å²) in [5, 5.41) is 16.6. The number of aromatic nitrogens is 3. The van der Waals surface area contributed by atoms with Crippen molar-refractivity contribution < 1.29 is 9.90 Å². The average Bonchev–Trinajstić information content (AvgIpc) is 2.85. The van der Waals surface area contributed by atoms with E-state index in [4.69, 9.17) is 0 Å². The van der Waals surface area contributed by atoms with Crippen molar-refractivity contribution in [3.05, 3.63) is 30.4 Å². The molecule has 0 aromatic carbocycles. The van der Waals surface area contributed by atoms with Crippen LogP contribution in [0.3, 0.4) is 0 Å². The van der Waals surface area contributed by atoms with Crippen LogP contribution in [0.2, 0.25) is 0 Å². The van der Waals surface area contributed by atoms with Gasteiger partial charge in [0.2, 0.25) is 0 Å². The van der Waals surface area contributed by atoms with Crippen LogP contribution in [0.5, 0.6) is 0 Å². The van der Waals surface area contributed by atoms with Gasteiger partial charge in [-0.3, -0.25) is 9.78 Å². The van der Waals surface area contributed by atoms with E-state index < -0.39 is 0 Å². The second-order valence-electron chi connectivity index (χ2n) is 4.94. The zero-order chi connectivity index (χ0) is 13.2. The van der Waals surface area contributed by atoms with Crippen molar-refractivity contribution in [1.82, 2.24) is 19.9 Å². The minimum atomic E-state index is -0.214. The summed E-state index contributed by atoms with van der Waals surface area (Å²) in [4.78, 5) is 16.2. The van der Waals surface area contributed by atoms with E-state index in [9.17, 15) is 9.90 Å². The number of aliphatic hydroxyl groups is 1. The fraction of sp³-hybridized carbons (Fsp3) is 0.462. The first kappa shape index (κ1) is 12.1. The Labute approximate surface area is 110 Å². The van der Waals surface area contributed by atoms with E-state index in [-0.39, 0.29) is 18.1 Å². The predicted octanol–water partition coefficient (Wildman–Crippen LogP) is 0.763. The van der Waals surface area contributed by atoms with Crippen LogP contribution in [0.4, 0.5) is 0 Å². The Bertz CT molecular complexity index is 587. The summed E-state index contributed by atoms with van der Waals surface area (Å²) in [5.74, 6) is -0.121. The van der Waals surface area contributed by atoms with E-state index in [1.54, 1.807) is 29.3 Å². The van der Waals surface area contributed by atoms with Gasteiger partial charge in [-0.25, -0.2) is 4.52 Å². The number of hydrogen-bond donors (Lipinski definition) is 2. The molecular formula is C13H16N4O2. The maximum Gasteiger partial charge on any atom is 0.255 e. The zero-order valence-corrected chi connectivity index (χ0v) is 10.5. The van der Waals surface area contributed by atoms with Crippen LogP contribution in [0.1, 0.15) is 36.0 Å². The molecule has 1 aliphatic rings. The van der Waals surface area contributed by atoms with Crippen molar-refractivity contribution in [2.75, 3.05) is 0 Å². The van der Waals surface area contributed by atoms with Crippen molar-refractivity contribution in [2.45, 2.75) is 37.8 Å². The molecule has 1 fully saturated rings. The highest BCUT2D eigenvalue weighted by Crippen LogP contribution is 2.19. The number of carbonyl (C=O) groups excluding carboxylic acids is 1. The van der Waals surface area contributed by atoms with Gasteiger partial charge in [0.15, 0.2) is 0 Å². The standard InChI is InChI=1S/C13H16N4O2/c18-10-3-1-9(2-4-10)16-13(19)11-7-15-17-6-5-14-8-12(11)17/h5-10,18H,1-4H2,(H,16,19). The van der Waals surface area contributed by atoms with Crippen LogP contribution in [-0.2, 0) is 0 Å². The Kier molecular flexibility index (Phi) is 3.16. The number of nitrogens with one attached hydrogen (secondary N) is 1. The second kappa shape index (κ2) is 4.97. The van der Waals surface area contributed by atoms with Gasteiger partial charge in [0.1, 0.15) is 0 Å². The topological polar surface area (TPSA) is 79.5 Å². The molecule has 2 aromatic heterocycles. The summed E-state index contributed by atoms with van der Waals surface area (Å²) < 4.78 is 1.63. The van der Waals surface area contributed by atoms with Gasteiger partial charge in [0.25, 0.3) is 5.91 Å². The van der Waals surface area contributed by atoms with Gasteiger partial charge in [-0.1, -0.05) is 0 Å². The third kappa shape index (κ3) is 2.44. The number of carbonyl (C=O) groups is 1. The molecule has 0 saturated heterocycles. The molecule has 0 atom stereocenters. The highest BCUT2D eigenvalue weighted by molar-refractivity contribution is 6.00. The fourth-order valence-electron chi connectivity index (χ4n) is 2.49. The minimum Gasteiger partial charge on any atom is -0.393 e. The summed E-state index contributed by atoms with van der Waals surface area (Å²) in [5.41, 5.74) is 1.25. The molecule has 1 aliphatic carbocycles. The highest BCUT2D eigenvalue weighted by atomic mass is 16.3. The number of amides is 1. The quantitative estimate of drug-likeness (QED) is 0.835. The molecule has 6 heteroatoms. The number of aliphatic hydroxyl groups excluding tert-OH is 1. The maximum atomic E-state index is 12.2. The molecule has 0 aliphatic heterocycles. The third-order valence-electron chi connectivity index (χ3n) is 3.60. The van der Waals surface area contributed by atoms with Crippen LogP contribution < -0.4 is 5.32 Å². The molecular weight excluding hydrogens is 244 g/mol. The van der Waals surface area contributed by atoms with Gasteiger partial charge in [0.05, 0.1) is 29.6 Å². The molecule has 3 rings (SSSR count). The van der Waals surface area contributed by atoms with Crippen molar-refractivity contribution in [1.29, 1.82) is 0 Å². The lowest BCUT2D eigenvalue weighted by Gasteiger charge is -2.25. The monoisotopic (exact) mass is 260 g/mol. The Hall–Kier alpha value is -1.95. The zero-order valence-electron chi connectivity index (χ0n) is 10.5. The third-order valence-corrected chi connectivity index (χ3v) is 3.60. The van der Waals surface area contributed by atoms with Crippen molar-refractivity contribution >= 4 is 11.4 Å². The number of rotatable bonds is 2. The van der Waals surface area contributed by atoms with Gasteiger partial charge in [-0.2, -0.15) is 5.10 Å². The Morgan fingerprint density at radius 3 is 2.89 bits per heavy atom. The molecule has 2 aromatic rings. The van der Waals surface area contributed by atoms with E-state index in [1.807, 2.05) is 0 Å². The van der Waals surface area contributed by atoms with Gasteiger partial charge >= 0.3 is 0 Å². The first-order valence-corrected chi connectivity index (χ1v) is 6.50. The second-order valence-corrected chi connectivity index (χ2v) is 4.94. The fourth-order valence-corrected chi connectivity index (χ4v) is 2.49. The smallest absolute Gasteiger partial charge is 0.255 e. The van der Waals surface area contributed by atoms with Crippen molar-refractivity contribution in [3.63, 3.8) is 0 Å². The van der Waals surface area contributed by atoms with Crippen molar-refractivity contribution in [3.8, 4) is 0 Å². The largest absolute Gasteiger partial charge is 0.393 e. The lowest BCUT2D eigenvalue weighted by Crippen LogP contribution is -2.38. The van der Waals surface area contributed by atoms with Gasteiger partial charge in [-0.15, -0.1) is 0 Å². The van der Waals surface area contributed by atoms with E-state index in [0.29, 0.717) is 11.1 Å². The van der Waals surface area contributed by atoms with Crippen LogP contribution >= 0.6 is 0 Å². The number of hydrogen-bond acceptors (Lipinski definition) is 4. The first-order valence-electron chi connectivity index (χ1n) is 6.50. The normalized spacial score (nSPS) is 23.4. The summed E-state index contributed by atoms with van der Waals surface area (Å²) in [7, 11) is 0. The highest BCUT2D eigenvalue weighted by Gasteiger charge is 2.22. The summed E-state index contributed by atoms with van der Waals surface area (Å²) in [6.45, 7) is 0. The Morgan fingerprint density at radius 1 is 1.32 bits per heavy atom. The van der Waals surface area contributed by atoms with Gasteiger partial charge < -0.3 is 10.4 Å². The summed E-state index contributed by atoms with van der Waals surface area (Å²) >= 11 is 0. The molecule has 0 radical (unpaired) electrons. The van der Waals surface area contributed by atoms with Gasteiger partial charge in [0, 0.05) is 18.4 Å². The van der Waals surface area contributed by atoms with E-state index in [0.717, 1.165) is 25.7 Å². The predicted molar refractivity (Wildman–Crippen MR) is 68.7 cm³/mol. The molecule has 0 bridgehead atoms. The Morgan fingerprint density at radius 2 is 2.11 bits per heavy atom.